The maximum absolute atomic E-state index is 12.5. The fourth-order valence-corrected chi connectivity index (χ4v) is 3.74. The smallest absolute Gasteiger partial charge is 0.317 e. The van der Waals surface area contributed by atoms with Gasteiger partial charge in [-0.2, -0.15) is 0 Å². The van der Waals surface area contributed by atoms with Crippen LogP contribution in [0.2, 0.25) is 5.02 Å². The lowest BCUT2D eigenvalue weighted by Crippen LogP contribution is -2.45. The zero-order valence-electron chi connectivity index (χ0n) is 17.7. The van der Waals surface area contributed by atoms with Crippen molar-refractivity contribution in [2.75, 3.05) is 25.0 Å². The van der Waals surface area contributed by atoms with Crippen molar-refractivity contribution >= 4 is 29.2 Å². The summed E-state index contributed by atoms with van der Waals surface area (Å²) < 4.78 is 5.63. The first-order chi connectivity index (χ1) is 15.5. The first-order valence-electron chi connectivity index (χ1n) is 10.9. The maximum atomic E-state index is 12.5. The second-order valence-corrected chi connectivity index (χ2v) is 8.77. The summed E-state index contributed by atoms with van der Waals surface area (Å²) >= 11 is 5.93. The minimum Gasteiger partial charge on any atom is -0.506 e. The molecule has 0 unspecified atom stereocenters. The molecule has 1 aromatic carbocycles. The average Bonchev–Trinajstić information content (AvgIpc) is 3.64. The van der Waals surface area contributed by atoms with E-state index in [1.807, 2.05) is 12.1 Å². The zero-order chi connectivity index (χ0) is 22.5. The van der Waals surface area contributed by atoms with E-state index in [0.29, 0.717) is 55.0 Å². The highest BCUT2D eigenvalue weighted by atomic mass is 35.5. The molecule has 0 bridgehead atoms. The van der Waals surface area contributed by atoms with Gasteiger partial charge in [-0.1, -0.05) is 17.7 Å². The summed E-state index contributed by atoms with van der Waals surface area (Å²) in [5.41, 5.74) is 1.19. The first-order valence-corrected chi connectivity index (χ1v) is 11.3. The number of nitrogens with zero attached hydrogens (tertiary/aromatic N) is 2. The normalized spacial score (nSPS) is 16.5. The molecule has 32 heavy (non-hydrogen) atoms. The highest BCUT2D eigenvalue weighted by Gasteiger charge is 2.28. The minimum atomic E-state index is -0.232. The van der Waals surface area contributed by atoms with Crippen molar-refractivity contribution in [2.45, 2.75) is 32.2 Å². The van der Waals surface area contributed by atoms with Crippen LogP contribution in [0, 0.1) is 11.8 Å². The van der Waals surface area contributed by atoms with Crippen LogP contribution in [0.5, 0.6) is 11.6 Å². The van der Waals surface area contributed by atoms with E-state index >= 15 is 0 Å². The number of urea groups is 1. The molecule has 2 aromatic rings. The van der Waals surface area contributed by atoms with Crippen molar-refractivity contribution in [1.82, 2.24) is 15.2 Å². The highest BCUT2D eigenvalue weighted by molar-refractivity contribution is 6.31. The monoisotopic (exact) mass is 458 g/mol. The van der Waals surface area contributed by atoms with Gasteiger partial charge in [0.15, 0.2) is 0 Å². The minimum absolute atomic E-state index is 0.0310. The van der Waals surface area contributed by atoms with Crippen LogP contribution in [0.4, 0.5) is 10.5 Å². The van der Waals surface area contributed by atoms with Crippen LogP contribution in [0.15, 0.2) is 36.5 Å². The number of halogens is 1. The number of benzene rings is 1. The number of aromatic hydroxyl groups is 1. The van der Waals surface area contributed by atoms with Crippen molar-refractivity contribution < 1.29 is 19.4 Å². The molecule has 3 N–H and O–H groups in total. The Kier molecular flexibility index (Phi) is 6.99. The third kappa shape index (κ3) is 6.03. The quantitative estimate of drug-likeness (QED) is 0.547. The van der Waals surface area contributed by atoms with Crippen molar-refractivity contribution in [2.24, 2.45) is 11.8 Å². The average molecular weight is 459 g/mol. The number of aromatic nitrogens is 1. The lowest BCUT2D eigenvalue weighted by Gasteiger charge is -2.31. The molecular weight excluding hydrogens is 432 g/mol. The molecule has 3 amide bonds. The van der Waals surface area contributed by atoms with E-state index in [1.54, 1.807) is 17.2 Å². The number of pyridine rings is 1. The third-order valence-electron chi connectivity index (χ3n) is 5.77. The van der Waals surface area contributed by atoms with E-state index in [1.165, 1.54) is 25.0 Å². The number of hydrogen-bond acceptors (Lipinski definition) is 5. The molecule has 4 rings (SSSR count). The summed E-state index contributed by atoms with van der Waals surface area (Å²) in [7, 11) is 0. The Morgan fingerprint density at radius 2 is 1.94 bits per heavy atom. The maximum Gasteiger partial charge on any atom is 0.317 e. The predicted molar refractivity (Wildman–Crippen MR) is 121 cm³/mol. The predicted octanol–water partition coefficient (Wildman–Crippen LogP) is 3.79. The Bertz CT molecular complexity index is 957. The Balaban J connectivity index is 1.19. The Morgan fingerprint density at radius 1 is 1.16 bits per heavy atom. The Labute approximate surface area is 191 Å². The van der Waals surface area contributed by atoms with Crippen molar-refractivity contribution in [3.63, 3.8) is 0 Å². The van der Waals surface area contributed by atoms with Crippen LogP contribution < -0.4 is 15.4 Å². The molecule has 2 aliphatic rings. The molecule has 0 atom stereocenters. The van der Waals surface area contributed by atoms with E-state index in [9.17, 15) is 14.7 Å². The molecule has 9 heteroatoms. The SMILES string of the molecule is O=C(Nc1cc(Cl)ccc1O)C1CCN(C(=O)NCc2ccc(OCC3CC3)nc2)CC1. The highest BCUT2D eigenvalue weighted by Crippen LogP contribution is 2.29. The lowest BCUT2D eigenvalue weighted by atomic mass is 9.96. The van der Waals surface area contributed by atoms with Crippen LogP contribution in [0.25, 0.3) is 0 Å². The lowest BCUT2D eigenvalue weighted by molar-refractivity contribution is -0.121. The number of carbonyl (C=O) groups excluding carboxylic acids is 2. The summed E-state index contributed by atoms with van der Waals surface area (Å²) in [6, 6.07) is 8.07. The number of carbonyl (C=O) groups is 2. The molecular formula is C23H27ClN4O4. The van der Waals surface area contributed by atoms with Crippen LogP contribution in [-0.2, 0) is 11.3 Å². The van der Waals surface area contributed by atoms with Crippen molar-refractivity contribution in [3.8, 4) is 11.6 Å². The number of hydrogen-bond donors (Lipinski definition) is 3. The number of rotatable bonds is 7. The van der Waals surface area contributed by atoms with Crippen LogP contribution in [0.1, 0.15) is 31.2 Å². The van der Waals surface area contributed by atoms with Gasteiger partial charge in [-0.3, -0.25) is 4.79 Å². The van der Waals surface area contributed by atoms with Gasteiger partial charge < -0.3 is 25.4 Å². The molecule has 1 aliphatic carbocycles. The van der Waals surface area contributed by atoms with Crippen LogP contribution in [0.3, 0.4) is 0 Å². The van der Waals surface area contributed by atoms with Gasteiger partial charge in [-0.15, -0.1) is 0 Å². The Morgan fingerprint density at radius 3 is 2.62 bits per heavy atom. The molecule has 170 valence electrons. The van der Waals surface area contributed by atoms with E-state index in [4.69, 9.17) is 16.3 Å². The second kappa shape index (κ2) is 10.1. The Hall–Kier alpha value is -3.00. The van der Waals surface area contributed by atoms with E-state index < -0.39 is 0 Å². The number of phenolic OH excluding ortho intramolecular Hbond substituents is 1. The topological polar surface area (TPSA) is 104 Å². The van der Waals surface area contributed by atoms with Crippen molar-refractivity contribution in [1.29, 1.82) is 0 Å². The van der Waals surface area contributed by atoms with Gasteiger partial charge in [-0.05, 0) is 55.4 Å². The van der Waals surface area contributed by atoms with Gasteiger partial charge in [0.25, 0.3) is 0 Å². The molecule has 8 nitrogen and oxygen atoms in total. The molecule has 1 aliphatic heterocycles. The van der Waals surface area contributed by atoms with Crippen LogP contribution in [-0.4, -0.2) is 46.6 Å². The van der Waals surface area contributed by atoms with E-state index in [0.717, 1.165) is 12.2 Å². The summed E-state index contributed by atoms with van der Waals surface area (Å²) in [4.78, 5) is 31.0. The summed E-state index contributed by atoms with van der Waals surface area (Å²) in [5.74, 6) is 0.840. The largest absolute Gasteiger partial charge is 0.506 e. The van der Waals surface area contributed by atoms with E-state index in [2.05, 4.69) is 15.6 Å². The van der Waals surface area contributed by atoms with Crippen LogP contribution >= 0.6 is 11.6 Å². The molecule has 0 spiro atoms. The summed E-state index contributed by atoms with van der Waals surface area (Å²) in [5, 5.41) is 15.9. The molecule has 2 fully saturated rings. The number of anilines is 1. The van der Waals surface area contributed by atoms with Gasteiger partial charge >= 0.3 is 6.03 Å². The second-order valence-electron chi connectivity index (χ2n) is 8.33. The first kappa shape index (κ1) is 22.2. The van der Waals surface area contributed by atoms with Gasteiger partial charge in [0.2, 0.25) is 11.8 Å². The fourth-order valence-electron chi connectivity index (χ4n) is 3.57. The zero-order valence-corrected chi connectivity index (χ0v) is 18.5. The number of piperidine rings is 1. The summed E-state index contributed by atoms with van der Waals surface area (Å²) in [6.07, 6.45) is 5.28. The fraction of sp³-hybridized carbons (Fsp3) is 0.435. The molecule has 0 radical (unpaired) electrons. The molecule has 2 heterocycles. The number of ether oxygens (including phenoxy) is 1. The van der Waals surface area contributed by atoms with Gasteiger partial charge in [0, 0.05) is 42.8 Å². The van der Waals surface area contributed by atoms with Crippen molar-refractivity contribution in [3.05, 3.63) is 47.1 Å². The third-order valence-corrected chi connectivity index (χ3v) is 6.01. The number of phenols is 1. The molecule has 1 aromatic heterocycles. The standard InChI is InChI=1S/C23H27ClN4O4/c24-18-4-5-20(29)19(11-18)27-22(30)17-7-9-28(10-8-17)23(31)26-13-16-3-6-21(25-12-16)32-14-15-1-2-15/h3-6,11-12,15,17,29H,1-2,7-10,13-14H2,(H,26,31)(H,27,30). The molecule has 1 saturated heterocycles. The summed E-state index contributed by atoms with van der Waals surface area (Å²) in [6.45, 7) is 2.07. The number of likely N-dealkylation sites (tertiary alicyclic amines) is 1. The number of amides is 3. The van der Waals surface area contributed by atoms with Gasteiger partial charge in [0.1, 0.15) is 5.75 Å². The molecule has 1 saturated carbocycles. The van der Waals surface area contributed by atoms with E-state index in [-0.39, 0.29) is 23.6 Å². The number of nitrogens with one attached hydrogen (secondary N) is 2. The van der Waals surface area contributed by atoms with Gasteiger partial charge in [-0.25, -0.2) is 9.78 Å². The van der Waals surface area contributed by atoms with Gasteiger partial charge in [0.05, 0.1) is 12.3 Å².